The number of unbranched alkanes of at least 4 members (excludes halogenated alkanes) is 1. The summed E-state index contributed by atoms with van der Waals surface area (Å²) in [6.45, 7) is 2.55. The smallest absolute Gasteiger partial charge is 0.124 e. The van der Waals surface area contributed by atoms with E-state index in [1.165, 1.54) is 23.2 Å². The Hall–Kier alpha value is -2.24. The van der Waals surface area contributed by atoms with E-state index in [0.717, 1.165) is 56.7 Å². The second kappa shape index (κ2) is 8.19. The highest BCUT2D eigenvalue weighted by molar-refractivity contribution is 5.75. The summed E-state index contributed by atoms with van der Waals surface area (Å²) in [5, 5.41) is 0. The third-order valence-corrected chi connectivity index (χ3v) is 5.66. The molecule has 0 spiro atoms. The maximum atomic E-state index is 5.70. The SMILES string of the molecule is CN(Cc1nc2ccccc2n1CCCCN)C1CCCc2cccnc21. The summed E-state index contributed by atoms with van der Waals surface area (Å²) in [6, 6.07) is 13.1. The predicted molar refractivity (Wildman–Crippen MR) is 109 cm³/mol. The van der Waals surface area contributed by atoms with Gasteiger partial charge in [-0.1, -0.05) is 18.2 Å². The molecule has 0 fully saturated rings. The largest absolute Gasteiger partial charge is 0.330 e. The number of rotatable bonds is 7. The molecule has 3 aromatic rings. The molecule has 2 N–H and O–H groups in total. The number of hydrogen-bond donors (Lipinski definition) is 1. The van der Waals surface area contributed by atoms with Gasteiger partial charge in [0.2, 0.25) is 0 Å². The minimum atomic E-state index is 0.368. The van der Waals surface area contributed by atoms with Crippen LogP contribution in [0, 0.1) is 0 Å². The number of benzene rings is 1. The van der Waals surface area contributed by atoms with Crippen LogP contribution in [0.25, 0.3) is 11.0 Å². The second-order valence-electron chi connectivity index (χ2n) is 7.54. The fraction of sp³-hybridized carbons (Fsp3) is 0.455. The second-order valence-corrected chi connectivity index (χ2v) is 7.54. The molecule has 1 unspecified atom stereocenters. The lowest BCUT2D eigenvalue weighted by molar-refractivity contribution is 0.201. The standard InChI is InChI=1S/C22H29N5/c1-26(20-12-6-8-17-9-7-14-24-22(17)20)16-21-25-18-10-2-3-11-19(18)27(21)15-5-4-13-23/h2-3,7,9-11,14,20H,4-6,8,12-13,15-16,23H2,1H3. The van der Waals surface area contributed by atoms with Gasteiger partial charge in [0, 0.05) is 12.7 Å². The van der Waals surface area contributed by atoms with Crippen molar-refractivity contribution in [2.75, 3.05) is 13.6 Å². The van der Waals surface area contributed by atoms with Crippen LogP contribution in [0.2, 0.25) is 0 Å². The van der Waals surface area contributed by atoms with E-state index in [1.807, 2.05) is 6.20 Å². The van der Waals surface area contributed by atoms with Crippen molar-refractivity contribution < 1.29 is 0 Å². The first kappa shape index (κ1) is 18.1. The third-order valence-electron chi connectivity index (χ3n) is 5.66. The fourth-order valence-electron chi connectivity index (χ4n) is 4.26. The Morgan fingerprint density at radius 2 is 2.07 bits per heavy atom. The summed E-state index contributed by atoms with van der Waals surface area (Å²) in [4.78, 5) is 12.1. The lowest BCUT2D eigenvalue weighted by Crippen LogP contribution is -2.29. The highest BCUT2D eigenvalue weighted by Crippen LogP contribution is 2.33. The molecular formula is C22H29N5. The van der Waals surface area contributed by atoms with E-state index in [9.17, 15) is 0 Å². The van der Waals surface area contributed by atoms with Crippen molar-refractivity contribution in [3.05, 3.63) is 59.7 Å². The molecule has 0 bridgehead atoms. The average Bonchev–Trinajstić information content (AvgIpc) is 3.05. The van der Waals surface area contributed by atoms with Crippen LogP contribution in [0.3, 0.4) is 0 Å². The van der Waals surface area contributed by atoms with Crippen molar-refractivity contribution >= 4 is 11.0 Å². The van der Waals surface area contributed by atoms with Gasteiger partial charge in [-0.15, -0.1) is 0 Å². The van der Waals surface area contributed by atoms with Crippen LogP contribution in [-0.2, 0) is 19.5 Å². The first-order valence-electron chi connectivity index (χ1n) is 10.1. The Bertz CT molecular complexity index is 901. The molecule has 0 saturated heterocycles. The van der Waals surface area contributed by atoms with Crippen molar-refractivity contribution in [3.63, 3.8) is 0 Å². The summed E-state index contributed by atoms with van der Waals surface area (Å²) in [6.07, 6.45) is 7.58. The number of imidazole rings is 1. The maximum Gasteiger partial charge on any atom is 0.124 e. The van der Waals surface area contributed by atoms with Gasteiger partial charge in [0.1, 0.15) is 5.82 Å². The highest BCUT2D eigenvalue weighted by Gasteiger charge is 2.26. The molecule has 0 amide bonds. The van der Waals surface area contributed by atoms with Gasteiger partial charge < -0.3 is 10.3 Å². The molecule has 0 radical (unpaired) electrons. The summed E-state index contributed by atoms with van der Waals surface area (Å²) >= 11 is 0. The molecule has 142 valence electrons. The zero-order valence-corrected chi connectivity index (χ0v) is 16.1. The molecule has 0 aliphatic heterocycles. The number of pyridine rings is 1. The van der Waals surface area contributed by atoms with E-state index >= 15 is 0 Å². The van der Waals surface area contributed by atoms with Gasteiger partial charge in [-0.25, -0.2) is 4.98 Å². The molecule has 1 atom stereocenters. The molecule has 0 saturated carbocycles. The zero-order valence-electron chi connectivity index (χ0n) is 16.1. The minimum absolute atomic E-state index is 0.368. The topological polar surface area (TPSA) is 60.0 Å². The number of fused-ring (bicyclic) bond motifs is 2. The van der Waals surface area contributed by atoms with Crippen LogP contribution >= 0.6 is 0 Å². The zero-order chi connectivity index (χ0) is 18.6. The van der Waals surface area contributed by atoms with Crippen molar-refractivity contribution in [1.82, 2.24) is 19.4 Å². The monoisotopic (exact) mass is 363 g/mol. The normalized spacial score (nSPS) is 16.8. The summed E-state index contributed by atoms with van der Waals surface area (Å²) < 4.78 is 2.38. The van der Waals surface area contributed by atoms with Crippen molar-refractivity contribution in [3.8, 4) is 0 Å². The number of aryl methyl sites for hydroxylation is 2. The van der Waals surface area contributed by atoms with Crippen molar-refractivity contribution in [1.29, 1.82) is 0 Å². The van der Waals surface area contributed by atoms with Crippen LogP contribution in [0.4, 0.5) is 0 Å². The number of hydrogen-bond acceptors (Lipinski definition) is 4. The molecule has 4 rings (SSSR count). The Balaban J connectivity index is 1.60. The van der Waals surface area contributed by atoms with Crippen LogP contribution in [0.15, 0.2) is 42.6 Å². The number of nitrogens with two attached hydrogens (primary N) is 1. The number of para-hydroxylation sites is 2. The lowest BCUT2D eigenvalue weighted by atomic mass is 9.91. The molecule has 1 aliphatic carbocycles. The number of nitrogens with zero attached hydrogens (tertiary/aromatic N) is 4. The molecule has 5 nitrogen and oxygen atoms in total. The van der Waals surface area contributed by atoms with E-state index in [1.54, 1.807) is 0 Å². The molecule has 1 aliphatic rings. The van der Waals surface area contributed by atoms with Crippen LogP contribution in [-0.4, -0.2) is 33.0 Å². The van der Waals surface area contributed by atoms with Gasteiger partial charge in [-0.2, -0.15) is 0 Å². The quantitative estimate of drug-likeness (QED) is 0.651. The fourth-order valence-corrected chi connectivity index (χ4v) is 4.26. The predicted octanol–water partition coefficient (Wildman–Crippen LogP) is 3.68. The minimum Gasteiger partial charge on any atom is -0.330 e. The average molecular weight is 364 g/mol. The van der Waals surface area contributed by atoms with Gasteiger partial charge in [0.15, 0.2) is 0 Å². The summed E-state index contributed by atoms with van der Waals surface area (Å²) in [7, 11) is 2.21. The third kappa shape index (κ3) is 3.75. The van der Waals surface area contributed by atoms with Crippen LogP contribution < -0.4 is 5.73 Å². The Morgan fingerprint density at radius 3 is 2.96 bits per heavy atom. The summed E-state index contributed by atoms with van der Waals surface area (Å²) in [5.74, 6) is 1.14. The molecule has 5 heteroatoms. The molecule has 2 heterocycles. The van der Waals surface area contributed by atoms with E-state index in [2.05, 4.69) is 52.9 Å². The van der Waals surface area contributed by atoms with Crippen LogP contribution in [0.5, 0.6) is 0 Å². The van der Waals surface area contributed by atoms with E-state index < -0.39 is 0 Å². The Morgan fingerprint density at radius 1 is 1.19 bits per heavy atom. The summed E-state index contributed by atoms with van der Waals surface area (Å²) in [5.41, 5.74) is 10.7. The molecule has 1 aromatic carbocycles. The number of aromatic nitrogens is 3. The van der Waals surface area contributed by atoms with Crippen LogP contribution in [0.1, 0.15) is 48.8 Å². The highest BCUT2D eigenvalue weighted by atomic mass is 15.2. The van der Waals surface area contributed by atoms with E-state index in [0.29, 0.717) is 6.04 Å². The first-order valence-corrected chi connectivity index (χ1v) is 10.1. The lowest BCUT2D eigenvalue weighted by Gasteiger charge is -2.32. The van der Waals surface area contributed by atoms with Gasteiger partial charge in [-0.3, -0.25) is 9.88 Å². The van der Waals surface area contributed by atoms with Gasteiger partial charge in [0.25, 0.3) is 0 Å². The van der Waals surface area contributed by atoms with Gasteiger partial charge in [-0.05, 0) is 69.5 Å². The van der Waals surface area contributed by atoms with Crippen molar-refractivity contribution in [2.24, 2.45) is 5.73 Å². The molecule has 2 aromatic heterocycles. The molecular weight excluding hydrogens is 334 g/mol. The molecule has 27 heavy (non-hydrogen) atoms. The Kier molecular flexibility index (Phi) is 5.50. The van der Waals surface area contributed by atoms with E-state index in [4.69, 9.17) is 15.7 Å². The van der Waals surface area contributed by atoms with E-state index in [-0.39, 0.29) is 0 Å². The first-order chi connectivity index (χ1) is 13.3. The van der Waals surface area contributed by atoms with Gasteiger partial charge >= 0.3 is 0 Å². The van der Waals surface area contributed by atoms with Crippen molar-refractivity contribution in [2.45, 2.75) is 51.2 Å². The maximum absolute atomic E-state index is 5.70. The Labute approximate surface area is 161 Å². The van der Waals surface area contributed by atoms with Gasteiger partial charge in [0.05, 0.1) is 29.3 Å².